The molecule has 0 spiro atoms. The van der Waals surface area contributed by atoms with Crippen molar-refractivity contribution >= 4 is 11.9 Å². The number of rotatable bonds is 6. The van der Waals surface area contributed by atoms with Gasteiger partial charge < -0.3 is 4.74 Å². The highest BCUT2D eigenvalue weighted by atomic mass is 16.5. The van der Waals surface area contributed by atoms with Crippen LogP contribution in [0.25, 0.3) is 0 Å². The number of aliphatic imine (C=N–C) groups is 1. The highest BCUT2D eigenvalue weighted by molar-refractivity contribution is 5.82. The van der Waals surface area contributed by atoms with Crippen LogP contribution in [-0.2, 0) is 0 Å². The van der Waals surface area contributed by atoms with Gasteiger partial charge in [-0.25, -0.2) is 0 Å². The lowest BCUT2D eigenvalue weighted by atomic mass is 10.2. The van der Waals surface area contributed by atoms with Crippen LogP contribution in [0.3, 0.4) is 0 Å². The molecule has 0 amide bonds. The van der Waals surface area contributed by atoms with Gasteiger partial charge in [0, 0.05) is 6.21 Å². The summed E-state index contributed by atoms with van der Waals surface area (Å²) in [6.45, 7) is 2.90. The normalized spacial score (nSPS) is 10.5. The van der Waals surface area contributed by atoms with E-state index in [9.17, 15) is 0 Å². The van der Waals surface area contributed by atoms with E-state index in [1.807, 2.05) is 36.4 Å². The van der Waals surface area contributed by atoms with Crippen LogP contribution in [0.2, 0.25) is 0 Å². The van der Waals surface area contributed by atoms with Crippen molar-refractivity contribution in [3.63, 3.8) is 0 Å². The highest BCUT2D eigenvalue weighted by Gasteiger charge is 1.94. The number of benzene rings is 2. The molecule has 2 aromatic carbocycles. The number of unbranched alkanes of at least 4 members (excludes halogenated alkanes) is 1. The predicted molar refractivity (Wildman–Crippen MR) is 85.3 cm³/mol. The molecular formula is C18H18N2O. The SMILES string of the molecule is CCCCOc1ccc(C=Nc2ccc(C#N)cc2)cc1. The minimum atomic E-state index is 0.641. The fraction of sp³-hybridized carbons (Fsp3) is 0.222. The first-order valence-corrected chi connectivity index (χ1v) is 7.09. The molecule has 0 saturated heterocycles. The minimum absolute atomic E-state index is 0.641. The predicted octanol–water partition coefficient (Wildman–Crippen LogP) is 4.49. The van der Waals surface area contributed by atoms with Crippen LogP contribution >= 0.6 is 0 Å². The Kier molecular flexibility index (Phi) is 5.54. The largest absolute Gasteiger partial charge is 0.494 e. The van der Waals surface area contributed by atoms with Crippen LogP contribution in [0.15, 0.2) is 53.5 Å². The maximum absolute atomic E-state index is 8.74. The lowest BCUT2D eigenvalue weighted by Crippen LogP contribution is -1.96. The smallest absolute Gasteiger partial charge is 0.119 e. The molecule has 0 bridgehead atoms. The van der Waals surface area contributed by atoms with Gasteiger partial charge >= 0.3 is 0 Å². The Labute approximate surface area is 125 Å². The van der Waals surface area contributed by atoms with Gasteiger partial charge in [0.05, 0.1) is 23.9 Å². The molecule has 0 fully saturated rings. The number of hydrogen-bond acceptors (Lipinski definition) is 3. The zero-order valence-corrected chi connectivity index (χ0v) is 12.1. The summed E-state index contributed by atoms with van der Waals surface area (Å²) in [6, 6.07) is 17.1. The van der Waals surface area contributed by atoms with Crippen molar-refractivity contribution < 1.29 is 4.74 Å². The third kappa shape index (κ3) is 4.77. The Hall–Kier alpha value is -2.60. The van der Waals surface area contributed by atoms with Crippen molar-refractivity contribution in [1.29, 1.82) is 5.26 Å². The number of nitrogens with zero attached hydrogens (tertiary/aromatic N) is 2. The summed E-state index contributed by atoms with van der Waals surface area (Å²) in [5.41, 5.74) is 2.49. The summed E-state index contributed by atoms with van der Waals surface area (Å²) in [6.07, 6.45) is 4.01. The van der Waals surface area contributed by atoms with E-state index < -0.39 is 0 Å². The first kappa shape index (κ1) is 14.8. The van der Waals surface area contributed by atoms with Gasteiger partial charge in [0.2, 0.25) is 0 Å². The van der Waals surface area contributed by atoms with Gasteiger partial charge in [-0.15, -0.1) is 0 Å². The molecule has 3 nitrogen and oxygen atoms in total. The molecule has 0 aliphatic carbocycles. The quantitative estimate of drug-likeness (QED) is 0.577. The molecule has 0 saturated carbocycles. The molecule has 0 heterocycles. The molecule has 0 aromatic heterocycles. The van der Waals surface area contributed by atoms with Gasteiger partial charge in [-0.1, -0.05) is 13.3 Å². The topological polar surface area (TPSA) is 45.4 Å². The van der Waals surface area contributed by atoms with Crippen LogP contribution in [0.4, 0.5) is 5.69 Å². The lowest BCUT2D eigenvalue weighted by Gasteiger charge is -2.04. The van der Waals surface area contributed by atoms with Crippen molar-refractivity contribution in [1.82, 2.24) is 0 Å². The molecule has 3 heteroatoms. The van der Waals surface area contributed by atoms with Crippen molar-refractivity contribution in [3.8, 4) is 11.8 Å². The molecule has 21 heavy (non-hydrogen) atoms. The van der Waals surface area contributed by atoms with Crippen LogP contribution in [0, 0.1) is 11.3 Å². The average Bonchev–Trinajstić information content (AvgIpc) is 2.55. The Morgan fingerprint density at radius 1 is 1.10 bits per heavy atom. The third-order valence-electron chi connectivity index (χ3n) is 3.01. The Bertz CT molecular complexity index is 622. The molecule has 106 valence electrons. The molecule has 0 unspecified atom stereocenters. The van der Waals surface area contributed by atoms with Crippen molar-refractivity contribution in [3.05, 3.63) is 59.7 Å². The Morgan fingerprint density at radius 3 is 2.43 bits per heavy atom. The minimum Gasteiger partial charge on any atom is -0.494 e. The molecule has 0 N–H and O–H groups in total. The first-order chi connectivity index (χ1) is 10.3. The molecule has 2 rings (SSSR count). The molecule has 2 aromatic rings. The molecular weight excluding hydrogens is 260 g/mol. The lowest BCUT2D eigenvalue weighted by molar-refractivity contribution is 0.309. The van der Waals surface area contributed by atoms with Crippen LogP contribution < -0.4 is 4.74 Å². The Balaban J connectivity index is 1.95. The molecule has 0 aliphatic heterocycles. The van der Waals surface area contributed by atoms with Gasteiger partial charge in [-0.3, -0.25) is 4.99 Å². The molecule has 0 atom stereocenters. The maximum Gasteiger partial charge on any atom is 0.119 e. The second-order valence-electron chi connectivity index (χ2n) is 4.69. The molecule has 0 aliphatic rings. The summed E-state index contributed by atoms with van der Waals surface area (Å²) in [7, 11) is 0. The number of ether oxygens (including phenoxy) is 1. The fourth-order valence-electron chi connectivity index (χ4n) is 1.76. The zero-order valence-electron chi connectivity index (χ0n) is 12.1. The second kappa shape index (κ2) is 7.86. The average molecular weight is 278 g/mol. The monoisotopic (exact) mass is 278 g/mol. The Morgan fingerprint density at radius 2 is 1.81 bits per heavy atom. The summed E-state index contributed by atoms with van der Waals surface area (Å²) in [4.78, 5) is 4.38. The fourth-order valence-corrected chi connectivity index (χ4v) is 1.76. The summed E-state index contributed by atoms with van der Waals surface area (Å²) < 4.78 is 5.61. The van der Waals surface area contributed by atoms with E-state index in [-0.39, 0.29) is 0 Å². The van der Waals surface area contributed by atoms with Crippen molar-refractivity contribution in [2.75, 3.05) is 6.61 Å². The number of hydrogen-bond donors (Lipinski definition) is 0. The van der Waals surface area contributed by atoms with E-state index in [0.717, 1.165) is 36.4 Å². The van der Waals surface area contributed by atoms with Gasteiger partial charge in [-0.05, 0) is 60.5 Å². The number of nitriles is 1. The van der Waals surface area contributed by atoms with E-state index in [2.05, 4.69) is 18.0 Å². The second-order valence-corrected chi connectivity index (χ2v) is 4.69. The van der Waals surface area contributed by atoms with Crippen molar-refractivity contribution in [2.45, 2.75) is 19.8 Å². The summed E-state index contributed by atoms with van der Waals surface area (Å²) >= 11 is 0. The van der Waals surface area contributed by atoms with Gasteiger partial charge in [0.15, 0.2) is 0 Å². The highest BCUT2D eigenvalue weighted by Crippen LogP contribution is 2.14. The van der Waals surface area contributed by atoms with E-state index in [1.54, 1.807) is 18.3 Å². The van der Waals surface area contributed by atoms with Crippen LogP contribution in [-0.4, -0.2) is 12.8 Å². The van der Waals surface area contributed by atoms with Gasteiger partial charge in [-0.2, -0.15) is 5.26 Å². The van der Waals surface area contributed by atoms with Crippen LogP contribution in [0.5, 0.6) is 5.75 Å². The third-order valence-corrected chi connectivity index (χ3v) is 3.01. The summed E-state index contributed by atoms with van der Waals surface area (Å²) in [5, 5.41) is 8.74. The van der Waals surface area contributed by atoms with E-state index >= 15 is 0 Å². The van der Waals surface area contributed by atoms with Crippen molar-refractivity contribution in [2.24, 2.45) is 4.99 Å². The van der Waals surface area contributed by atoms with Gasteiger partial charge in [0.25, 0.3) is 0 Å². The van der Waals surface area contributed by atoms with Crippen LogP contribution in [0.1, 0.15) is 30.9 Å². The van der Waals surface area contributed by atoms with Gasteiger partial charge in [0.1, 0.15) is 5.75 Å². The first-order valence-electron chi connectivity index (χ1n) is 7.09. The van der Waals surface area contributed by atoms with E-state index in [1.165, 1.54) is 0 Å². The summed E-state index contributed by atoms with van der Waals surface area (Å²) in [5.74, 6) is 0.888. The maximum atomic E-state index is 8.74. The zero-order chi connectivity index (χ0) is 14.9. The molecule has 0 radical (unpaired) electrons. The van der Waals surface area contributed by atoms with E-state index in [4.69, 9.17) is 10.00 Å². The standard InChI is InChI=1S/C18H18N2O/c1-2-3-12-21-18-10-6-16(7-11-18)14-20-17-8-4-15(13-19)5-9-17/h4-11,14H,2-3,12H2,1H3. The van der Waals surface area contributed by atoms with E-state index in [0.29, 0.717) is 5.56 Å².